The highest BCUT2D eigenvalue weighted by Crippen LogP contribution is 2.23. The molecule has 150 valence electrons. The minimum atomic E-state index is -0.369. The molecule has 0 saturated heterocycles. The molecule has 0 bridgehead atoms. The Morgan fingerprint density at radius 3 is 2.18 bits per heavy atom. The van der Waals surface area contributed by atoms with E-state index >= 15 is 0 Å². The number of carbonyl (C=O) groups is 2. The van der Waals surface area contributed by atoms with Crippen molar-refractivity contribution in [2.24, 2.45) is 0 Å². The van der Waals surface area contributed by atoms with Gasteiger partial charge in [0.25, 0.3) is 0 Å². The fraction of sp³-hybridized carbons (Fsp3) is 0.391. The van der Waals surface area contributed by atoms with E-state index in [2.05, 4.69) is 6.92 Å². The molecule has 5 heteroatoms. The van der Waals surface area contributed by atoms with Crippen molar-refractivity contribution in [1.29, 1.82) is 0 Å². The largest absolute Gasteiger partial charge is 0.482 e. The summed E-state index contributed by atoms with van der Waals surface area (Å²) in [5.74, 6) is -0.0880. The summed E-state index contributed by atoms with van der Waals surface area (Å²) in [5, 5.41) is 0. The molecule has 0 heterocycles. The number of ether oxygens (including phenoxy) is 3. The average Bonchev–Trinajstić information content (AvgIpc) is 2.73. The van der Waals surface area contributed by atoms with Gasteiger partial charge >= 0.3 is 11.9 Å². The first-order valence-electron chi connectivity index (χ1n) is 9.80. The van der Waals surface area contributed by atoms with Crippen molar-refractivity contribution in [3.8, 4) is 16.9 Å². The highest BCUT2D eigenvalue weighted by Gasteiger charge is 2.09. The first kappa shape index (κ1) is 21.5. The maximum atomic E-state index is 12.1. The molecule has 0 fully saturated rings. The van der Waals surface area contributed by atoms with E-state index in [1.54, 1.807) is 18.2 Å². The van der Waals surface area contributed by atoms with E-state index in [4.69, 9.17) is 14.2 Å². The average molecular weight is 384 g/mol. The minimum Gasteiger partial charge on any atom is -0.482 e. The lowest BCUT2D eigenvalue weighted by Crippen LogP contribution is -2.15. The van der Waals surface area contributed by atoms with Gasteiger partial charge in [-0.3, -0.25) is 0 Å². The fourth-order valence-corrected chi connectivity index (χ4v) is 2.48. The van der Waals surface area contributed by atoms with E-state index in [9.17, 15) is 9.59 Å². The molecule has 0 unspecified atom stereocenters. The maximum absolute atomic E-state index is 12.1. The standard InChI is InChI=1S/C23H28O5/c1-3-5-14-26-22(24)17-28-21-12-10-18(11-13-21)19-8-7-9-20(16-19)23(25)27-15-6-4-2/h7-13,16H,3-6,14-15,17H2,1-2H3. The Bertz CT molecular complexity index is 752. The van der Waals surface area contributed by atoms with Crippen molar-refractivity contribution in [3.63, 3.8) is 0 Å². The molecule has 0 aromatic heterocycles. The van der Waals surface area contributed by atoms with Gasteiger partial charge in [0.15, 0.2) is 6.61 Å². The van der Waals surface area contributed by atoms with Crippen LogP contribution in [0.3, 0.4) is 0 Å². The van der Waals surface area contributed by atoms with Crippen LogP contribution >= 0.6 is 0 Å². The summed E-state index contributed by atoms with van der Waals surface area (Å²) in [4.78, 5) is 23.7. The molecule has 0 atom stereocenters. The molecule has 0 radical (unpaired) electrons. The molecule has 0 saturated carbocycles. The first-order chi connectivity index (χ1) is 13.6. The smallest absolute Gasteiger partial charge is 0.344 e. The molecule has 0 amide bonds. The molecule has 2 aromatic carbocycles. The molecule has 2 rings (SSSR count). The van der Waals surface area contributed by atoms with Gasteiger partial charge in [-0.1, -0.05) is 51.0 Å². The van der Waals surface area contributed by atoms with Gasteiger partial charge in [0.1, 0.15) is 5.75 Å². The van der Waals surface area contributed by atoms with Crippen LogP contribution in [-0.2, 0) is 14.3 Å². The van der Waals surface area contributed by atoms with E-state index < -0.39 is 0 Å². The number of unbranched alkanes of at least 4 members (excludes halogenated alkanes) is 2. The number of hydrogen-bond acceptors (Lipinski definition) is 5. The second kappa shape index (κ2) is 11.8. The molecular weight excluding hydrogens is 356 g/mol. The summed E-state index contributed by atoms with van der Waals surface area (Å²) in [6.07, 6.45) is 3.68. The monoisotopic (exact) mass is 384 g/mol. The predicted molar refractivity (Wildman–Crippen MR) is 108 cm³/mol. The number of benzene rings is 2. The molecule has 0 aliphatic heterocycles. The molecule has 2 aromatic rings. The van der Waals surface area contributed by atoms with E-state index in [-0.39, 0.29) is 18.5 Å². The van der Waals surface area contributed by atoms with E-state index in [1.807, 2.05) is 37.3 Å². The third-order valence-corrected chi connectivity index (χ3v) is 4.13. The Morgan fingerprint density at radius 2 is 1.50 bits per heavy atom. The van der Waals surface area contributed by atoms with Gasteiger partial charge < -0.3 is 14.2 Å². The van der Waals surface area contributed by atoms with Crippen molar-refractivity contribution in [2.45, 2.75) is 39.5 Å². The van der Waals surface area contributed by atoms with E-state index in [0.717, 1.165) is 36.8 Å². The van der Waals surface area contributed by atoms with Crippen LogP contribution in [-0.4, -0.2) is 31.8 Å². The predicted octanol–water partition coefficient (Wildman–Crippen LogP) is 5.03. The maximum Gasteiger partial charge on any atom is 0.344 e. The number of esters is 2. The summed E-state index contributed by atoms with van der Waals surface area (Å²) in [6, 6.07) is 14.7. The van der Waals surface area contributed by atoms with Crippen LogP contribution in [0.1, 0.15) is 49.9 Å². The van der Waals surface area contributed by atoms with Gasteiger partial charge in [-0.2, -0.15) is 0 Å². The first-order valence-corrected chi connectivity index (χ1v) is 9.80. The highest BCUT2D eigenvalue weighted by atomic mass is 16.6. The Kier molecular flexibility index (Phi) is 9.05. The van der Waals surface area contributed by atoms with Crippen molar-refractivity contribution in [1.82, 2.24) is 0 Å². The fourth-order valence-electron chi connectivity index (χ4n) is 2.48. The molecule has 0 spiro atoms. The SMILES string of the molecule is CCCCOC(=O)COc1ccc(-c2cccc(C(=O)OCCCC)c2)cc1. The van der Waals surface area contributed by atoms with Crippen LogP contribution in [0.4, 0.5) is 0 Å². The Hall–Kier alpha value is -2.82. The van der Waals surface area contributed by atoms with Crippen LogP contribution in [0.2, 0.25) is 0 Å². The van der Waals surface area contributed by atoms with Gasteiger partial charge in [0, 0.05) is 0 Å². The third kappa shape index (κ3) is 7.06. The molecule has 0 aliphatic carbocycles. The third-order valence-electron chi connectivity index (χ3n) is 4.13. The van der Waals surface area contributed by atoms with Gasteiger partial charge in [0.2, 0.25) is 0 Å². The normalized spacial score (nSPS) is 10.4. The van der Waals surface area contributed by atoms with Crippen molar-refractivity contribution in [2.75, 3.05) is 19.8 Å². The lowest BCUT2D eigenvalue weighted by Gasteiger charge is -2.09. The summed E-state index contributed by atoms with van der Waals surface area (Å²) in [7, 11) is 0. The lowest BCUT2D eigenvalue weighted by molar-refractivity contribution is -0.146. The lowest BCUT2D eigenvalue weighted by atomic mass is 10.0. The van der Waals surface area contributed by atoms with Gasteiger partial charge in [-0.25, -0.2) is 9.59 Å². The summed E-state index contributed by atoms with van der Waals surface area (Å²) in [5.41, 5.74) is 2.39. The topological polar surface area (TPSA) is 61.8 Å². The van der Waals surface area contributed by atoms with Crippen molar-refractivity contribution < 1.29 is 23.8 Å². The summed E-state index contributed by atoms with van der Waals surface area (Å²) in [6.45, 7) is 4.84. The molecule has 0 aliphatic rings. The number of hydrogen-bond donors (Lipinski definition) is 0. The zero-order valence-corrected chi connectivity index (χ0v) is 16.6. The van der Waals surface area contributed by atoms with Gasteiger partial charge in [-0.05, 0) is 48.2 Å². The van der Waals surface area contributed by atoms with Crippen LogP contribution in [0.15, 0.2) is 48.5 Å². The zero-order chi connectivity index (χ0) is 20.2. The quantitative estimate of drug-likeness (QED) is 0.401. The minimum absolute atomic E-state index is 0.109. The molecule has 0 N–H and O–H groups in total. The zero-order valence-electron chi connectivity index (χ0n) is 16.6. The number of carbonyl (C=O) groups excluding carboxylic acids is 2. The van der Waals surface area contributed by atoms with Crippen LogP contribution < -0.4 is 4.74 Å². The van der Waals surface area contributed by atoms with Gasteiger partial charge in [-0.15, -0.1) is 0 Å². The van der Waals surface area contributed by atoms with E-state index in [0.29, 0.717) is 24.5 Å². The molecular formula is C23H28O5. The second-order valence-electron chi connectivity index (χ2n) is 6.46. The number of rotatable bonds is 11. The highest BCUT2D eigenvalue weighted by molar-refractivity contribution is 5.91. The molecule has 28 heavy (non-hydrogen) atoms. The summed E-state index contributed by atoms with van der Waals surface area (Å²) >= 11 is 0. The van der Waals surface area contributed by atoms with Gasteiger partial charge in [0.05, 0.1) is 18.8 Å². The Labute approximate surface area is 166 Å². The second-order valence-corrected chi connectivity index (χ2v) is 6.46. The van der Waals surface area contributed by atoms with Crippen LogP contribution in [0.5, 0.6) is 5.75 Å². The Balaban J connectivity index is 1.93. The van der Waals surface area contributed by atoms with E-state index in [1.165, 1.54) is 0 Å². The van der Waals surface area contributed by atoms with Crippen LogP contribution in [0.25, 0.3) is 11.1 Å². The molecule has 5 nitrogen and oxygen atoms in total. The van der Waals surface area contributed by atoms with Crippen LogP contribution in [0, 0.1) is 0 Å². The van der Waals surface area contributed by atoms with Crippen molar-refractivity contribution in [3.05, 3.63) is 54.1 Å². The summed E-state index contributed by atoms with van der Waals surface area (Å²) < 4.78 is 15.8. The Morgan fingerprint density at radius 1 is 0.821 bits per heavy atom. The van der Waals surface area contributed by atoms with Crippen molar-refractivity contribution >= 4 is 11.9 Å².